The van der Waals surface area contributed by atoms with Gasteiger partial charge in [0.15, 0.2) is 0 Å². The normalized spacial score (nSPS) is 17.2. The van der Waals surface area contributed by atoms with E-state index in [1.165, 1.54) is 0 Å². The highest BCUT2D eigenvalue weighted by molar-refractivity contribution is 7.13. The van der Waals surface area contributed by atoms with Crippen molar-refractivity contribution in [3.8, 4) is 10.7 Å². The third-order valence-corrected chi connectivity index (χ3v) is 4.57. The minimum atomic E-state index is -0.738. The van der Waals surface area contributed by atoms with Gasteiger partial charge in [0, 0.05) is 0 Å². The molecular formula is C14H16N2O3S. The van der Waals surface area contributed by atoms with Crippen molar-refractivity contribution in [2.75, 3.05) is 6.61 Å². The van der Waals surface area contributed by atoms with Gasteiger partial charge in [0.05, 0.1) is 11.5 Å². The molecule has 0 bridgehead atoms. The molecule has 0 aromatic carbocycles. The number of carbonyl (C=O) groups is 1. The zero-order valence-corrected chi connectivity index (χ0v) is 12.1. The summed E-state index contributed by atoms with van der Waals surface area (Å²) in [6.45, 7) is 2.18. The Kier molecular flexibility index (Phi) is 3.56. The largest absolute Gasteiger partial charge is 0.465 e. The molecule has 1 fully saturated rings. The Morgan fingerprint density at radius 1 is 1.50 bits per heavy atom. The minimum Gasteiger partial charge on any atom is -0.465 e. The molecule has 2 aromatic rings. The van der Waals surface area contributed by atoms with Gasteiger partial charge in [-0.15, -0.1) is 11.3 Å². The highest BCUT2D eigenvalue weighted by Crippen LogP contribution is 2.42. The van der Waals surface area contributed by atoms with Crippen molar-refractivity contribution in [3.05, 3.63) is 23.4 Å². The average molecular weight is 292 g/mol. The monoisotopic (exact) mass is 292 g/mol. The first-order valence-electron chi connectivity index (χ1n) is 6.81. The van der Waals surface area contributed by atoms with Crippen LogP contribution in [0.15, 0.2) is 22.0 Å². The summed E-state index contributed by atoms with van der Waals surface area (Å²) in [5.41, 5.74) is -0.738. The molecule has 0 amide bonds. The number of hydrogen-bond acceptors (Lipinski definition) is 6. The van der Waals surface area contributed by atoms with Crippen LogP contribution in [0.3, 0.4) is 0 Å². The number of hydrogen-bond donors (Lipinski definition) is 0. The van der Waals surface area contributed by atoms with Crippen LogP contribution in [-0.2, 0) is 14.9 Å². The number of aromatic nitrogens is 2. The Balaban J connectivity index is 1.94. The summed E-state index contributed by atoms with van der Waals surface area (Å²) in [6, 6.07) is 3.87. The summed E-state index contributed by atoms with van der Waals surface area (Å²) < 4.78 is 10.6. The fraction of sp³-hybridized carbons (Fsp3) is 0.500. The van der Waals surface area contributed by atoms with E-state index in [0.29, 0.717) is 18.3 Å². The highest BCUT2D eigenvalue weighted by Gasteiger charge is 2.49. The molecule has 0 saturated heterocycles. The van der Waals surface area contributed by atoms with E-state index in [1.807, 2.05) is 24.4 Å². The number of thiophene rings is 1. The topological polar surface area (TPSA) is 65.2 Å². The molecule has 5 nitrogen and oxygen atoms in total. The highest BCUT2D eigenvalue weighted by atomic mass is 32.1. The second kappa shape index (κ2) is 5.36. The fourth-order valence-corrected chi connectivity index (χ4v) is 3.33. The van der Waals surface area contributed by atoms with Crippen LogP contribution in [0.2, 0.25) is 0 Å². The van der Waals surface area contributed by atoms with Gasteiger partial charge in [0.1, 0.15) is 5.41 Å². The van der Waals surface area contributed by atoms with E-state index in [0.717, 1.165) is 30.6 Å². The molecular weight excluding hydrogens is 276 g/mol. The second-order valence-corrected chi connectivity index (χ2v) is 5.86. The van der Waals surface area contributed by atoms with Gasteiger partial charge >= 0.3 is 5.97 Å². The van der Waals surface area contributed by atoms with Gasteiger partial charge in [-0.25, -0.2) is 0 Å². The van der Waals surface area contributed by atoms with Gasteiger partial charge in [0.25, 0.3) is 0 Å². The molecule has 2 aromatic heterocycles. The van der Waals surface area contributed by atoms with Crippen LogP contribution in [0.1, 0.15) is 38.5 Å². The predicted molar refractivity (Wildman–Crippen MR) is 74.4 cm³/mol. The number of ether oxygens (including phenoxy) is 1. The Labute approximate surface area is 121 Å². The van der Waals surface area contributed by atoms with Gasteiger partial charge in [0.2, 0.25) is 11.7 Å². The number of carbonyl (C=O) groups excluding carboxylic acids is 1. The van der Waals surface area contributed by atoms with Gasteiger partial charge in [-0.1, -0.05) is 24.1 Å². The molecule has 2 heterocycles. The van der Waals surface area contributed by atoms with Crippen LogP contribution in [0.5, 0.6) is 0 Å². The van der Waals surface area contributed by atoms with Gasteiger partial charge in [-0.3, -0.25) is 4.79 Å². The van der Waals surface area contributed by atoms with E-state index in [9.17, 15) is 4.79 Å². The molecule has 1 saturated carbocycles. The van der Waals surface area contributed by atoms with Crippen molar-refractivity contribution >= 4 is 17.3 Å². The molecule has 1 aliphatic carbocycles. The zero-order valence-electron chi connectivity index (χ0n) is 11.3. The lowest BCUT2D eigenvalue weighted by atomic mass is 9.86. The fourth-order valence-electron chi connectivity index (χ4n) is 2.68. The van der Waals surface area contributed by atoms with Crippen LogP contribution in [0.25, 0.3) is 10.7 Å². The van der Waals surface area contributed by atoms with Crippen molar-refractivity contribution in [1.82, 2.24) is 10.1 Å². The first-order valence-corrected chi connectivity index (χ1v) is 7.69. The van der Waals surface area contributed by atoms with Crippen molar-refractivity contribution in [3.63, 3.8) is 0 Å². The van der Waals surface area contributed by atoms with E-state index in [4.69, 9.17) is 9.26 Å². The third-order valence-electron chi connectivity index (χ3n) is 3.70. The summed E-state index contributed by atoms with van der Waals surface area (Å²) in [4.78, 5) is 17.7. The number of rotatable bonds is 4. The molecule has 0 N–H and O–H groups in total. The standard InChI is InChI=1S/C14H16N2O3S/c1-2-18-13(17)14(7-3-4-8-14)12-15-11(16-19-12)10-6-5-9-20-10/h5-6,9H,2-4,7-8H2,1H3. The number of nitrogens with zero attached hydrogens (tertiary/aromatic N) is 2. The predicted octanol–water partition coefficient (Wildman–Crippen LogP) is 3.17. The molecule has 1 aliphatic rings. The zero-order chi connectivity index (χ0) is 14.0. The van der Waals surface area contributed by atoms with Crippen molar-refractivity contribution in [2.24, 2.45) is 0 Å². The Morgan fingerprint density at radius 2 is 2.30 bits per heavy atom. The summed E-state index contributed by atoms with van der Waals surface area (Å²) >= 11 is 1.55. The molecule has 20 heavy (non-hydrogen) atoms. The summed E-state index contributed by atoms with van der Waals surface area (Å²) in [7, 11) is 0. The average Bonchev–Trinajstić information content (AvgIpc) is 3.19. The van der Waals surface area contributed by atoms with E-state index in [1.54, 1.807) is 11.3 Å². The lowest BCUT2D eigenvalue weighted by Gasteiger charge is -2.21. The molecule has 0 unspecified atom stereocenters. The maximum atomic E-state index is 12.3. The number of esters is 1. The van der Waals surface area contributed by atoms with E-state index in [-0.39, 0.29) is 5.97 Å². The molecule has 0 spiro atoms. The Hall–Kier alpha value is -1.69. The maximum absolute atomic E-state index is 12.3. The molecule has 106 valence electrons. The molecule has 0 atom stereocenters. The Morgan fingerprint density at radius 3 is 2.95 bits per heavy atom. The van der Waals surface area contributed by atoms with Crippen LogP contribution >= 0.6 is 11.3 Å². The Bertz CT molecular complexity index is 585. The van der Waals surface area contributed by atoms with E-state index >= 15 is 0 Å². The summed E-state index contributed by atoms with van der Waals surface area (Å²) in [5.74, 6) is 0.710. The van der Waals surface area contributed by atoms with Gasteiger partial charge < -0.3 is 9.26 Å². The third kappa shape index (κ3) is 2.14. The first-order chi connectivity index (χ1) is 9.76. The smallest absolute Gasteiger partial charge is 0.321 e. The molecule has 6 heteroatoms. The molecule has 0 radical (unpaired) electrons. The maximum Gasteiger partial charge on any atom is 0.321 e. The SMILES string of the molecule is CCOC(=O)C1(c2nc(-c3cccs3)no2)CCCC1. The van der Waals surface area contributed by atoms with Gasteiger partial charge in [-0.05, 0) is 31.2 Å². The first kappa shape index (κ1) is 13.3. The van der Waals surface area contributed by atoms with Crippen LogP contribution in [0, 0.1) is 0 Å². The lowest BCUT2D eigenvalue weighted by molar-refractivity contribution is -0.151. The quantitative estimate of drug-likeness (QED) is 0.810. The van der Waals surface area contributed by atoms with Crippen LogP contribution < -0.4 is 0 Å². The van der Waals surface area contributed by atoms with Gasteiger partial charge in [-0.2, -0.15) is 4.98 Å². The van der Waals surface area contributed by atoms with Crippen molar-refractivity contribution < 1.29 is 14.1 Å². The van der Waals surface area contributed by atoms with E-state index < -0.39 is 5.41 Å². The van der Waals surface area contributed by atoms with Crippen molar-refractivity contribution in [2.45, 2.75) is 38.0 Å². The van der Waals surface area contributed by atoms with Crippen LogP contribution in [-0.4, -0.2) is 22.7 Å². The van der Waals surface area contributed by atoms with Crippen LogP contribution in [0.4, 0.5) is 0 Å². The molecule has 3 rings (SSSR count). The summed E-state index contributed by atoms with van der Waals surface area (Å²) in [5, 5.41) is 5.97. The minimum absolute atomic E-state index is 0.237. The van der Waals surface area contributed by atoms with Crippen molar-refractivity contribution in [1.29, 1.82) is 0 Å². The summed E-state index contributed by atoms with van der Waals surface area (Å²) in [6.07, 6.45) is 3.40. The second-order valence-electron chi connectivity index (χ2n) is 4.91. The molecule has 0 aliphatic heterocycles. The lowest BCUT2D eigenvalue weighted by Crippen LogP contribution is -2.35. The van der Waals surface area contributed by atoms with E-state index in [2.05, 4.69) is 10.1 Å².